The number of ether oxygens (including phenoxy) is 1. The summed E-state index contributed by atoms with van der Waals surface area (Å²) in [7, 11) is 0. The molecule has 1 aromatic rings. The minimum Gasteiger partial charge on any atom is -0.356 e. The van der Waals surface area contributed by atoms with E-state index >= 15 is 0 Å². The first-order valence-corrected chi connectivity index (χ1v) is 5.82. The Hall–Kier alpha value is -0.860. The zero-order valence-corrected chi connectivity index (χ0v) is 9.15. The molecule has 0 aromatic heterocycles. The topological polar surface area (TPSA) is 12.5 Å². The highest BCUT2D eigenvalue weighted by Crippen LogP contribution is 2.34. The van der Waals surface area contributed by atoms with E-state index in [1.807, 2.05) is 0 Å². The van der Waals surface area contributed by atoms with E-state index in [-0.39, 0.29) is 6.23 Å². The third kappa shape index (κ3) is 1.58. The van der Waals surface area contributed by atoms with Crippen LogP contribution in [-0.2, 0) is 11.2 Å². The number of nitrogens with zero attached hydrogens (tertiary/aromatic N) is 1. The quantitative estimate of drug-likeness (QED) is 0.641. The first-order chi connectivity index (χ1) is 7.34. The molecule has 1 fully saturated rings. The van der Waals surface area contributed by atoms with Crippen LogP contribution >= 0.6 is 0 Å². The summed E-state index contributed by atoms with van der Waals surface area (Å²) in [5, 5.41) is 0. The second kappa shape index (κ2) is 3.62. The van der Waals surface area contributed by atoms with E-state index in [9.17, 15) is 0 Å². The molecule has 1 aromatic carbocycles. The Labute approximate surface area is 90.8 Å². The third-order valence-electron chi connectivity index (χ3n) is 3.51. The van der Waals surface area contributed by atoms with Crippen molar-refractivity contribution >= 4 is 0 Å². The van der Waals surface area contributed by atoms with Crippen molar-refractivity contribution in [2.24, 2.45) is 0 Å². The Morgan fingerprint density at radius 1 is 1.27 bits per heavy atom. The average Bonchev–Trinajstić information content (AvgIpc) is 2.29. The van der Waals surface area contributed by atoms with Crippen LogP contribution in [0.15, 0.2) is 24.3 Å². The Balaban J connectivity index is 1.96. The van der Waals surface area contributed by atoms with Crippen LogP contribution in [0.3, 0.4) is 0 Å². The van der Waals surface area contributed by atoms with Gasteiger partial charge in [-0.2, -0.15) is 0 Å². The lowest BCUT2D eigenvalue weighted by Gasteiger charge is -2.42. The molecule has 2 heterocycles. The van der Waals surface area contributed by atoms with Gasteiger partial charge in [0.2, 0.25) is 0 Å². The van der Waals surface area contributed by atoms with Crippen LogP contribution in [0.4, 0.5) is 0 Å². The predicted molar refractivity (Wildman–Crippen MR) is 59.6 cm³/mol. The largest absolute Gasteiger partial charge is 0.356 e. The van der Waals surface area contributed by atoms with Crippen molar-refractivity contribution < 1.29 is 4.74 Å². The van der Waals surface area contributed by atoms with E-state index in [1.165, 1.54) is 30.5 Å². The molecule has 2 nitrogen and oxygen atoms in total. The third-order valence-corrected chi connectivity index (χ3v) is 3.51. The number of hydrogen-bond acceptors (Lipinski definition) is 2. The molecule has 0 unspecified atom stereocenters. The van der Waals surface area contributed by atoms with Crippen molar-refractivity contribution in [1.29, 1.82) is 0 Å². The average molecular weight is 203 g/mol. The zero-order chi connectivity index (χ0) is 10.3. The van der Waals surface area contributed by atoms with Crippen molar-refractivity contribution in [3.05, 3.63) is 35.4 Å². The van der Waals surface area contributed by atoms with E-state index in [1.54, 1.807) is 0 Å². The molecule has 0 spiro atoms. The van der Waals surface area contributed by atoms with Crippen LogP contribution in [0, 0.1) is 0 Å². The monoisotopic (exact) mass is 203 g/mol. The molecule has 80 valence electrons. The lowest BCUT2D eigenvalue weighted by atomic mass is 9.96. The molecule has 0 amide bonds. The van der Waals surface area contributed by atoms with Gasteiger partial charge < -0.3 is 4.74 Å². The molecular weight excluding hydrogens is 186 g/mol. The smallest absolute Gasteiger partial charge is 0.137 e. The summed E-state index contributed by atoms with van der Waals surface area (Å²) >= 11 is 0. The van der Waals surface area contributed by atoms with Gasteiger partial charge in [0.05, 0.1) is 6.10 Å². The molecule has 0 N–H and O–H groups in total. The van der Waals surface area contributed by atoms with E-state index < -0.39 is 0 Å². The number of benzene rings is 1. The maximum Gasteiger partial charge on any atom is 0.137 e. The summed E-state index contributed by atoms with van der Waals surface area (Å²) in [6.45, 7) is 4.50. The highest BCUT2D eigenvalue weighted by molar-refractivity contribution is 5.31. The van der Waals surface area contributed by atoms with Gasteiger partial charge in [-0.1, -0.05) is 24.3 Å². The van der Waals surface area contributed by atoms with Gasteiger partial charge in [0.25, 0.3) is 0 Å². The van der Waals surface area contributed by atoms with Gasteiger partial charge in [-0.15, -0.1) is 0 Å². The molecule has 15 heavy (non-hydrogen) atoms. The summed E-state index contributed by atoms with van der Waals surface area (Å²) in [5.74, 6) is 0. The van der Waals surface area contributed by atoms with Crippen molar-refractivity contribution in [2.45, 2.75) is 32.1 Å². The van der Waals surface area contributed by atoms with Gasteiger partial charge in [0.15, 0.2) is 0 Å². The van der Waals surface area contributed by atoms with Gasteiger partial charge in [0, 0.05) is 13.1 Å². The highest BCUT2D eigenvalue weighted by Gasteiger charge is 2.32. The second-order valence-corrected chi connectivity index (χ2v) is 4.57. The fraction of sp³-hybridized carbons (Fsp3) is 0.538. The van der Waals surface area contributed by atoms with Crippen molar-refractivity contribution in [3.63, 3.8) is 0 Å². The fourth-order valence-electron chi connectivity index (χ4n) is 2.60. The molecule has 3 rings (SSSR count). The summed E-state index contributed by atoms with van der Waals surface area (Å²) in [6, 6.07) is 8.69. The van der Waals surface area contributed by atoms with Crippen LogP contribution in [0.5, 0.6) is 0 Å². The van der Waals surface area contributed by atoms with Crippen LogP contribution in [0.2, 0.25) is 0 Å². The molecule has 2 heteroatoms. The van der Waals surface area contributed by atoms with Crippen LogP contribution in [0.1, 0.15) is 30.7 Å². The van der Waals surface area contributed by atoms with E-state index in [0.29, 0.717) is 6.10 Å². The Kier molecular flexibility index (Phi) is 2.26. The molecule has 0 bridgehead atoms. The number of hydrogen-bond donors (Lipinski definition) is 0. The molecule has 0 radical (unpaired) electrons. The first kappa shape index (κ1) is 9.37. The predicted octanol–water partition coefficient (Wildman–Crippen LogP) is 2.35. The molecule has 2 aliphatic rings. The Bertz CT molecular complexity index is 363. The molecule has 2 aliphatic heterocycles. The van der Waals surface area contributed by atoms with Gasteiger partial charge >= 0.3 is 0 Å². The summed E-state index contributed by atoms with van der Waals surface area (Å²) in [5.41, 5.74) is 2.85. The zero-order valence-electron chi connectivity index (χ0n) is 9.15. The van der Waals surface area contributed by atoms with E-state index in [2.05, 4.69) is 36.1 Å². The Morgan fingerprint density at radius 2 is 2.13 bits per heavy atom. The van der Waals surface area contributed by atoms with Crippen molar-refractivity contribution in [2.75, 3.05) is 13.1 Å². The summed E-state index contributed by atoms with van der Waals surface area (Å²) in [6.07, 6.45) is 2.96. The Morgan fingerprint density at radius 3 is 3.07 bits per heavy atom. The lowest BCUT2D eigenvalue weighted by molar-refractivity contribution is -0.141. The van der Waals surface area contributed by atoms with E-state index in [4.69, 9.17) is 4.74 Å². The number of fused-ring (bicyclic) bond motifs is 3. The minimum absolute atomic E-state index is 0.221. The summed E-state index contributed by atoms with van der Waals surface area (Å²) in [4.78, 5) is 2.46. The van der Waals surface area contributed by atoms with Gasteiger partial charge in [0.1, 0.15) is 6.23 Å². The van der Waals surface area contributed by atoms with E-state index in [0.717, 1.165) is 6.54 Å². The molecule has 0 saturated carbocycles. The SMILES string of the molecule is C[C@H]1CCN2CCc3ccccc3[C@H]2O1. The van der Waals surface area contributed by atoms with Gasteiger partial charge in [-0.05, 0) is 30.9 Å². The maximum atomic E-state index is 6.04. The molecule has 1 saturated heterocycles. The summed E-state index contributed by atoms with van der Waals surface area (Å²) < 4.78 is 6.04. The van der Waals surface area contributed by atoms with Crippen LogP contribution < -0.4 is 0 Å². The molecular formula is C13H17NO. The van der Waals surface area contributed by atoms with Crippen molar-refractivity contribution in [3.8, 4) is 0 Å². The second-order valence-electron chi connectivity index (χ2n) is 4.57. The van der Waals surface area contributed by atoms with Crippen molar-refractivity contribution in [1.82, 2.24) is 4.90 Å². The minimum atomic E-state index is 0.221. The highest BCUT2D eigenvalue weighted by atomic mass is 16.5. The maximum absolute atomic E-state index is 6.04. The fourth-order valence-corrected chi connectivity index (χ4v) is 2.60. The number of rotatable bonds is 0. The standard InChI is InChI=1S/C13H17NO/c1-10-6-8-14-9-7-11-4-2-3-5-12(11)13(14)15-10/h2-5,10,13H,6-9H2,1H3/t10-,13+/m0/s1. The lowest BCUT2D eigenvalue weighted by Crippen LogP contribution is -2.43. The molecule has 0 aliphatic carbocycles. The van der Waals surface area contributed by atoms with Gasteiger partial charge in [-0.3, -0.25) is 4.90 Å². The first-order valence-electron chi connectivity index (χ1n) is 5.82. The van der Waals surface area contributed by atoms with Gasteiger partial charge in [-0.25, -0.2) is 0 Å². The van der Waals surface area contributed by atoms with Crippen LogP contribution in [0.25, 0.3) is 0 Å². The van der Waals surface area contributed by atoms with Crippen LogP contribution in [-0.4, -0.2) is 24.1 Å². The normalized spacial score (nSPS) is 30.7. The molecule has 2 atom stereocenters.